The highest BCUT2D eigenvalue weighted by atomic mass is 32.2. The Morgan fingerprint density at radius 1 is 1.04 bits per heavy atom. The predicted molar refractivity (Wildman–Crippen MR) is 115 cm³/mol. The highest BCUT2D eigenvalue weighted by Crippen LogP contribution is 2.25. The fourth-order valence-electron chi connectivity index (χ4n) is 3.40. The van der Waals surface area contributed by atoms with E-state index in [1.165, 1.54) is 11.1 Å². The van der Waals surface area contributed by atoms with E-state index in [4.69, 9.17) is 0 Å². The third-order valence-corrected chi connectivity index (χ3v) is 5.94. The van der Waals surface area contributed by atoms with Crippen molar-refractivity contribution >= 4 is 28.4 Å². The summed E-state index contributed by atoms with van der Waals surface area (Å²) >= 11 is 1.65. The van der Waals surface area contributed by atoms with Crippen molar-refractivity contribution in [2.45, 2.75) is 50.6 Å². The van der Waals surface area contributed by atoms with E-state index >= 15 is 0 Å². The van der Waals surface area contributed by atoms with E-state index in [9.17, 15) is 4.79 Å². The monoisotopic (exact) mass is 392 g/mol. The molecule has 4 rings (SSSR count). The van der Waals surface area contributed by atoms with Crippen molar-refractivity contribution in [3.8, 4) is 0 Å². The van der Waals surface area contributed by atoms with Crippen LogP contribution in [0.3, 0.4) is 0 Å². The number of benzene rings is 2. The number of thioether (sulfide) groups is 1. The van der Waals surface area contributed by atoms with Crippen LogP contribution in [-0.4, -0.2) is 19.2 Å². The van der Waals surface area contributed by atoms with Crippen LogP contribution in [-0.2, 0) is 12.3 Å². The Kier molecular flexibility index (Phi) is 5.22. The van der Waals surface area contributed by atoms with Gasteiger partial charge in [-0.1, -0.05) is 68.9 Å². The van der Waals surface area contributed by atoms with E-state index in [-0.39, 0.29) is 5.56 Å². The molecule has 0 radical (unpaired) electrons. The molecule has 0 saturated heterocycles. The zero-order valence-corrected chi connectivity index (χ0v) is 17.2. The maximum absolute atomic E-state index is 12.9. The Labute approximate surface area is 168 Å². The van der Waals surface area contributed by atoms with Crippen LogP contribution in [0.5, 0.6) is 0 Å². The molecule has 144 valence electrons. The molecule has 0 atom stereocenters. The minimum atomic E-state index is -0.00169. The maximum atomic E-state index is 12.9. The standard InChI is InChI=1S/C22H24N4OS/c1-4-13-25-20(27)18-7-5-6-8-19(18)26-21(25)23-24-22(26)28-14-16-9-11-17(12-10-16)15(2)3/h5-12,15H,4,13-14H2,1-3H3. The SMILES string of the molecule is CCCn1c(=O)c2ccccc2n2c(SCc3ccc(C(C)C)cc3)nnc12. The van der Waals surface area contributed by atoms with E-state index in [1.807, 2.05) is 28.7 Å². The summed E-state index contributed by atoms with van der Waals surface area (Å²) in [6.07, 6.45) is 0.867. The van der Waals surface area contributed by atoms with Gasteiger partial charge in [-0.05, 0) is 35.6 Å². The van der Waals surface area contributed by atoms with Gasteiger partial charge in [-0.15, -0.1) is 10.2 Å². The summed E-state index contributed by atoms with van der Waals surface area (Å²) < 4.78 is 3.75. The van der Waals surface area contributed by atoms with Gasteiger partial charge in [0.25, 0.3) is 5.56 Å². The van der Waals surface area contributed by atoms with Crippen LogP contribution in [0.15, 0.2) is 58.5 Å². The molecule has 28 heavy (non-hydrogen) atoms. The van der Waals surface area contributed by atoms with Gasteiger partial charge < -0.3 is 0 Å². The number of hydrogen-bond acceptors (Lipinski definition) is 4. The lowest BCUT2D eigenvalue weighted by Gasteiger charge is -2.10. The second-order valence-electron chi connectivity index (χ2n) is 7.28. The molecule has 2 heterocycles. The third-order valence-electron chi connectivity index (χ3n) is 4.94. The van der Waals surface area contributed by atoms with Gasteiger partial charge in [-0.3, -0.25) is 13.8 Å². The quantitative estimate of drug-likeness (QED) is 0.439. The van der Waals surface area contributed by atoms with E-state index in [0.29, 0.717) is 23.6 Å². The van der Waals surface area contributed by atoms with Crippen molar-refractivity contribution in [2.24, 2.45) is 0 Å². The Morgan fingerprint density at radius 3 is 2.50 bits per heavy atom. The maximum Gasteiger partial charge on any atom is 0.262 e. The summed E-state index contributed by atoms with van der Waals surface area (Å²) in [6.45, 7) is 7.09. The molecular weight excluding hydrogens is 368 g/mol. The fourth-order valence-corrected chi connectivity index (χ4v) is 4.29. The van der Waals surface area contributed by atoms with Crippen LogP contribution >= 0.6 is 11.8 Å². The molecule has 0 fully saturated rings. The Bertz CT molecular complexity index is 1180. The van der Waals surface area contributed by atoms with E-state index in [0.717, 1.165) is 22.8 Å². The van der Waals surface area contributed by atoms with Crippen molar-refractivity contribution in [3.63, 3.8) is 0 Å². The van der Waals surface area contributed by atoms with Gasteiger partial charge in [0, 0.05) is 12.3 Å². The molecule has 4 aromatic rings. The molecule has 0 unspecified atom stereocenters. The van der Waals surface area contributed by atoms with Gasteiger partial charge in [0.15, 0.2) is 5.16 Å². The lowest BCUT2D eigenvalue weighted by molar-refractivity contribution is 0.662. The number of aryl methyl sites for hydroxylation is 1. The van der Waals surface area contributed by atoms with Gasteiger partial charge in [0.05, 0.1) is 10.9 Å². The summed E-state index contributed by atoms with van der Waals surface area (Å²) in [5, 5.41) is 10.3. The lowest BCUT2D eigenvalue weighted by atomic mass is 10.0. The number of nitrogens with zero attached hydrogens (tertiary/aromatic N) is 4. The van der Waals surface area contributed by atoms with Crippen LogP contribution < -0.4 is 5.56 Å². The van der Waals surface area contributed by atoms with Crippen LogP contribution in [0.4, 0.5) is 0 Å². The lowest BCUT2D eigenvalue weighted by Crippen LogP contribution is -2.23. The zero-order chi connectivity index (χ0) is 19.7. The smallest absolute Gasteiger partial charge is 0.262 e. The van der Waals surface area contributed by atoms with Gasteiger partial charge in [0.2, 0.25) is 5.78 Å². The minimum Gasteiger partial charge on any atom is -0.276 e. The number of fused-ring (bicyclic) bond motifs is 3. The largest absolute Gasteiger partial charge is 0.276 e. The highest BCUT2D eigenvalue weighted by molar-refractivity contribution is 7.98. The van der Waals surface area contributed by atoms with Gasteiger partial charge in [0.1, 0.15) is 0 Å². The first-order valence-electron chi connectivity index (χ1n) is 9.68. The molecule has 5 nitrogen and oxygen atoms in total. The molecule has 2 aromatic carbocycles. The summed E-state index contributed by atoms with van der Waals surface area (Å²) in [7, 11) is 0. The van der Waals surface area contributed by atoms with Crippen molar-refractivity contribution < 1.29 is 0 Å². The Morgan fingerprint density at radius 2 is 1.79 bits per heavy atom. The van der Waals surface area contributed by atoms with Gasteiger partial charge in [-0.2, -0.15) is 0 Å². The Balaban J connectivity index is 1.75. The Hall–Kier alpha value is -2.60. The predicted octanol–water partition coefficient (Wildman–Crippen LogP) is 4.87. The molecule has 6 heteroatoms. The average Bonchev–Trinajstić information content (AvgIpc) is 3.14. The van der Waals surface area contributed by atoms with Gasteiger partial charge in [-0.25, -0.2) is 0 Å². The third kappa shape index (κ3) is 3.33. The molecule has 0 bridgehead atoms. The topological polar surface area (TPSA) is 52.2 Å². The molecule has 0 N–H and O–H groups in total. The summed E-state index contributed by atoms with van der Waals surface area (Å²) in [4.78, 5) is 12.9. The summed E-state index contributed by atoms with van der Waals surface area (Å²) in [5.41, 5.74) is 3.45. The molecule has 0 spiro atoms. The van der Waals surface area contributed by atoms with Crippen LogP contribution in [0.1, 0.15) is 44.2 Å². The first kappa shape index (κ1) is 18.7. The van der Waals surface area contributed by atoms with Gasteiger partial charge >= 0.3 is 0 Å². The second-order valence-corrected chi connectivity index (χ2v) is 8.22. The highest BCUT2D eigenvalue weighted by Gasteiger charge is 2.16. The molecular formula is C22H24N4OS. The molecule has 0 aliphatic heterocycles. The van der Waals surface area contributed by atoms with Crippen molar-refractivity contribution in [3.05, 3.63) is 70.0 Å². The van der Waals surface area contributed by atoms with Crippen molar-refractivity contribution in [1.82, 2.24) is 19.2 Å². The van der Waals surface area contributed by atoms with Crippen LogP contribution in [0.25, 0.3) is 16.7 Å². The van der Waals surface area contributed by atoms with E-state index < -0.39 is 0 Å². The molecule has 0 saturated carbocycles. The van der Waals surface area contributed by atoms with Crippen molar-refractivity contribution in [1.29, 1.82) is 0 Å². The number of para-hydroxylation sites is 1. The van der Waals surface area contributed by atoms with E-state index in [2.05, 4.69) is 55.2 Å². The first-order chi connectivity index (χ1) is 13.6. The summed E-state index contributed by atoms with van der Waals surface area (Å²) in [5.74, 6) is 1.95. The summed E-state index contributed by atoms with van der Waals surface area (Å²) in [6, 6.07) is 16.4. The molecule has 0 aliphatic rings. The second kappa shape index (κ2) is 7.80. The number of hydrogen-bond donors (Lipinski definition) is 0. The molecule has 2 aromatic heterocycles. The molecule has 0 amide bonds. The minimum absolute atomic E-state index is 0.00169. The van der Waals surface area contributed by atoms with Crippen LogP contribution in [0, 0.1) is 0 Å². The number of rotatable bonds is 6. The van der Waals surface area contributed by atoms with Crippen LogP contribution in [0.2, 0.25) is 0 Å². The van der Waals surface area contributed by atoms with Crippen molar-refractivity contribution in [2.75, 3.05) is 0 Å². The fraction of sp³-hybridized carbons (Fsp3) is 0.318. The van der Waals surface area contributed by atoms with E-state index in [1.54, 1.807) is 16.3 Å². The molecule has 0 aliphatic carbocycles. The first-order valence-corrected chi connectivity index (χ1v) is 10.7. The zero-order valence-electron chi connectivity index (χ0n) is 16.4. The average molecular weight is 393 g/mol. The number of aromatic nitrogens is 4. The normalized spacial score (nSPS) is 11.7.